The minimum atomic E-state index is -0.446. The number of methoxy groups -OCH3 is 1. The van der Waals surface area contributed by atoms with Crippen molar-refractivity contribution >= 4 is 17.6 Å². The lowest BCUT2D eigenvalue weighted by atomic mass is 10.1. The molecule has 0 bridgehead atoms. The van der Waals surface area contributed by atoms with Gasteiger partial charge in [0.05, 0.1) is 23.4 Å². The van der Waals surface area contributed by atoms with Crippen LogP contribution in [0.25, 0.3) is 11.3 Å². The normalized spacial score (nSPS) is 10.1. The predicted octanol–water partition coefficient (Wildman–Crippen LogP) is 2.52. The molecular weight excluding hydrogens is 228 g/mol. The van der Waals surface area contributed by atoms with Crippen molar-refractivity contribution in [2.24, 2.45) is 0 Å². The van der Waals surface area contributed by atoms with Crippen molar-refractivity contribution in [2.45, 2.75) is 0 Å². The smallest absolute Gasteiger partial charge is 0.339 e. The first kappa shape index (κ1) is 10.7. The second-order valence-corrected chi connectivity index (χ2v) is 3.55. The fraction of sp³-hybridized carbons (Fsp3) is 0.0909. The number of esters is 1. The van der Waals surface area contributed by atoms with Crippen LogP contribution in [0.1, 0.15) is 10.4 Å². The fourth-order valence-corrected chi connectivity index (χ4v) is 1.63. The van der Waals surface area contributed by atoms with Gasteiger partial charge in [-0.05, 0) is 18.2 Å². The molecule has 0 aliphatic carbocycles. The Morgan fingerprint density at radius 1 is 1.44 bits per heavy atom. The number of carbonyl (C=O) groups excluding carboxylic acids is 1. The number of carbonyl (C=O) groups is 1. The molecule has 0 fully saturated rings. The van der Waals surface area contributed by atoms with E-state index in [2.05, 4.69) is 14.9 Å². The molecule has 5 heteroatoms. The van der Waals surface area contributed by atoms with E-state index in [4.69, 9.17) is 11.6 Å². The Hall–Kier alpha value is -1.81. The van der Waals surface area contributed by atoms with Gasteiger partial charge in [0.2, 0.25) is 0 Å². The van der Waals surface area contributed by atoms with Crippen LogP contribution in [0.5, 0.6) is 0 Å². The highest BCUT2D eigenvalue weighted by atomic mass is 35.5. The number of ether oxygens (including phenoxy) is 1. The summed E-state index contributed by atoms with van der Waals surface area (Å²) in [6, 6.07) is 6.90. The van der Waals surface area contributed by atoms with E-state index in [-0.39, 0.29) is 0 Å². The summed E-state index contributed by atoms with van der Waals surface area (Å²) in [6.07, 6.45) is 1.72. The highest BCUT2D eigenvalue weighted by Crippen LogP contribution is 2.24. The Morgan fingerprint density at radius 2 is 2.25 bits per heavy atom. The van der Waals surface area contributed by atoms with E-state index >= 15 is 0 Å². The average molecular weight is 237 g/mol. The molecule has 0 amide bonds. The quantitative estimate of drug-likeness (QED) is 0.816. The van der Waals surface area contributed by atoms with Gasteiger partial charge in [0.15, 0.2) is 0 Å². The van der Waals surface area contributed by atoms with E-state index in [1.54, 1.807) is 24.4 Å². The highest BCUT2D eigenvalue weighted by molar-refractivity contribution is 6.33. The highest BCUT2D eigenvalue weighted by Gasteiger charge is 2.11. The first-order chi connectivity index (χ1) is 7.72. The average Bonchev–Trinajstić information content (AvgIpc) is 2.81. The number of halogens is 1. The third kappa shape index (κ3) is 1.92. The molecule has 0 atom stereocenters. The van der Waals surface area contributed by atoms with Crippen LogP contribution in [-0.4, -0.2) is 23.3 Å². The van der Waals surface area contributed by atoms with Crippen LogP contribution in [0.3, 0.4) is 0 Å². The molecule has 1 heterocycles. The minimum Gasteiger partial charge on any atom is -0.465 e. The molecule has 0 spiro atoms. The molecular formula is C11H9ClN2O2. The SMILES string of the molecule is COC(=O)c1ccc(-c2cc[nH]n2)cc1Cl. The first-order valence-electron chi connectivity index (χ1n) is 4.60. The maximum absolute atomic E-state index is 11.3. The van der Waals surface area contributed by atoms with E-state index in [0.717, 1.165) is 11.3 Å². The summed E-state index contributed by atoms with van der Waals surface area (Å²) in [5.41, 5.74) is 1.97. The van der Waals surface area contributed by atoms with Gasteiger partial charge in [-0.1, -0.05) is 17.7 Å². The molecule has 4 nitrogen and oxygen atoms in total. The van der Waals surface area contributed by atoms with Gasteiger partial charge in [0.1, 0.15) is 0 Å². The molecule has 0 radical (unpaired) electrons. The summed E-state index contributed by atoms with van der Waals surface area (Å²) >= 11 is 5.98. The molecule has 1 aromatic heterocycles. The zero-order chi connectivity index (χ0) is 11.5. The Morgan fingerprint density at radius 3 is 2.81 bits per heavy atom. The van der Waals surface area contributed by atoms with Gasteiger partial charge in [0, 0.05) is 11.8 Å². The second-order valence-electron chi connectivity index (χ2n) is 3.15. The second kappa shape index (κ2) is 4.37. The van der Waals surface area contributed by atoms with Gasteiger partial charge >= 0.3 is 5.97 Å². The van der Waals surface area contributed by atoms with E-state index in [1.807, 2.05) is 6.07 Å². The number of aromatic nitrogens is 2. The van der Waals surface area contributed by atoms with Gasteiger partial charge < -0.3 is 4.74 Å². The maximum atomic E-state index is 11.3. The van der Waals surface area contributed by atoms with Gasteiger partial charge in [0.25, 0.3) is 0 Å². The maximum Gasteiger partial charge on any atom is 0.339 e. The first-order valence-corrected chi connectivity index (χ1v) is 4.98. The van der Waals surface area contributed by atoms with Crippen LogP contribution < -0.4 is 0 Å². The molecule has 0 saturated carbocycles. The Bertz CT molecular complexity index is 509. The van der Waals surface area contributed by atoms with E-state index < -0.39 is 5.97 Å². The third-order valence-electron chi connectivity index (χ3n) is 2.17. The van der Waals surface area contributed by atoms with Crippen molar-refractivity contribution in [2.75, 3.05) is 7.11 Å². The van der Waals surface area contributed by atoms with Crippen molar-refractivity contribution in [1.29, 1.82) is 0 Å². The van der Waals surface area contributed by atoms with Gasteiger partial charge in [-0.15, -0.1) is 0 Å². The van der Waals surface area contributed by atoms with Crippen molar-refractivity contribution in [3.05, 3.63) is 41.0 Å². The van der Waals surface area contributed by atoms with Gasteiger partial charge in [-0.3, -0.25) is 5.10 Å². The standard InChI is InChI=1S/C11H9ClN2O2/c1-16-11(15)8-3-2-7(6-9(8)12)10-4-5-13-14-10/h2-6H,1H3,(H,13,14). The molecule has 0 aliphatic heterocycles. The molecule has 0 saturated heterocycles. The van der Waals surface area contributed by atoms with Crippen LogP contribution in [0, 0.1) is 0 Å². The molecule has 0 aliphatic rings. The summed E-state index contributed by atoms with van der Waals surface area (Å²) < 4.78 is 4.60. The van der Waals surface area contributed by atoms with E-state index in [1.165, 1.54) is 7.11 Å². The Balaban J connectivity index is 2.41. The van der Waals surface area contributed by atoms with Gasteiger partial charge in [-0.25, -0.2) is 4.79 Å². The summed E-state index contributed by atoms with van der Waals surface area (Å²) in [5.74, 6) is -0.446. The lowest BCUT2D eigenvalue weighted by Gasteiger charge is -2.03. The van der Waals surface area contributed by atoms with Crippen LogP contribution in [0.2, 0.25) is 5.02 Å². The molecule has 82 valence electrons. The van der Waals surface area contributed by atoms with E-state index in [9.17, 15) is 4.79 Å². The lowest BCUT2D eigenvalue weighted by Crippen LogP contribution is -2.01. The summed E-state index contributed by atoms with van der Waals surface area (Å²) in [4.78, 5) is 11.3. The number of H-pyrrole nitrogens is 1. The number of nitrogens with zero attached hydrogens (tertiary/aromatic N) is 1. The summed E-state index contributed by atoms with van der Waals surface area (Å²) in [7, 11) is 1.32. The van der Waals surface area contributed by atoms with Crippen LogP contribution in [0.4, 0.5) is 0 Å². The molecule has 1 N–H and O–H groups in total. The van der Waals surface area contributed by atoms with Crippen molar-refractivity contribution in [3.63, 3.8) is 0 Å². The molecule has 0 unspecified atom stereocenters. The Kier molecular flexibility index (Phi) is 2.92. The zero-order valence-corrected chi connectivity index (χ0v) is 9.28. The predicted molar refractivity (Wildman–Crippen MR) is 60.4 cm³/mol. The molecule has 16 heavy (non-hydrogen) atoms. The number of hydrogen-bond donors (Lipinski definition) is 1. The van der Waals surface area contributed by atoms with Crippen molar-refractivity contribution in [3.8, 4) is 11.3 Å². The lowest BCUT2D eigenvalue weighted by molar-refractivity contribution is 0.0601. The van der Waals surface area contributed by atoms with Gasteiger partial charge in [-0.2, -0.15) is 5.10 Å². The fourth-order valence-electron chi connectivity index (χ4n) is 1.37. The summed E-state index contributed by atoms with van der Waals surface area (Å²) in [5, 5.41) is 7.09. The number of benzene rings is 1. The number of aromatic amines is 1. The number of nitrogens with one attached hydrogen (secondary N) is 1. The van der Waals surface area contributed by atoms with Crippen molar-refractivity contribution < 1.29 is 9.53 Å². The minimum absolute atomic E-state index is 0.350. The van der Waals surface area contributed by atoms with Crippen LogP contribution in [0.15, 0.2) is 30.5 Å². The zero-order valence-electron chi connectivity index (χ0n) is 8.53. The summed E-state index contributed by atoms with van der Waals surface area (Å²) in [6.45, 7) is 0. The molecule has 2 aromatic rings. The topological polar surface area (TPSA) is 55.0 Å². The third-order valence-corrected chi connectivity index (χ3v) is 2.48. The van der Waals surface area contributed by atoms with Crippen LogP contribution >= 0.6 is 11.6 Å². The molecule has 1 aromatic carbocycles. The monoisotopic (exact) mass is 236 g/mol. The largest absolute Gasteiger partial charge is 0.465 e. The van der Waals surface area contributed by atoms with E-state index in [0.29, 0.717) is 10.6 Å². The van der Waals surface area contributed by atoms with Crippen molar-refractivity contribution in [1.82, 2.24) is 10.2 Å². The van der Waals surface area contributed by atoms with Crippen LogP contribution in [-0.2, 0) is 4.74 Å². The Labute approximate surface area is 97.2 Å². The number of hydrogen-bond acceptors (Lipinski definition) is 3. The number of rotatable bonds is 2. The molecule has 2 rings (SSSR count).